The van der Waals surface area contributed by atoms with Crippen LogP contribution in [0.2, 0.25) is 0 Å². The van der Waals surface area contributed by atoms with Crippen LogP contribution in [-0.2, 0) is 10.0 Å². The van der Waals surface area contributed by atoms with E-state index >= 15 is 0 Å². The second-order valence-electron chi connectivity index (χ2n) is 6.83. The summed E-state index contributed by atoms with van der Waals surface area (Å²) in [6.07, 6.45) is 3.98. The maximum Gasteiger partial charge on any atom is 0.322 e. The van der Waals surface area contributed by atoms with Gasteiger partial charge in [-0.25, -0.2) is 18.4 Å². The third kappa shape index (κ3) is 4.82. The van der Waals surface area contributed by atoms with Crippen LogP contribution in [0.25, 0.3) is 0 Å². The van der Waals surface area contributed by atoms with Gasteiger partial charge in [0, 0.05) is 12.2 Å². The van der Waals surface area contributed by atoms with Crippen LogP contribution in [0.4, 0.5) is 10.5 Å². The molecule has 2 aromatic rings. The van der Waals surface area contributed by atoms with Gasteiger partial charge in [-0.1, -0.05) is 25.0 Å². The van der Waals surface area contributed by atoms with Crippen LogP contribution in [0.3, 0.4) is 0 Å². The number of rotatable bonds is 4. The lowest BCUT2D eigenvalue weighted by Gasteiger charge is -2.30. The molecular formula is C20H25N3O4S. The van der Waals surface area contributed by atoms with Crippen molar-refractivity contribution in [3.05, 3.63) is 54.1 Å². The van der Waals surface area contributed by atoms with Crippen LogP contribution in [0.5, 0.6) is 5.75 Å². The van der Waals surface area contributed by atoms with E-state index in [0.29, 0.717) is 12.2 Å². The lowest BCUT2D eigenvalue weighted by atomic mass is 10.0. The Morgan fingerprint density at radius 1 is 1.07 bits per heavy atom. The smallest absolute Gasteiger partial charge is 0.322 e. The van der Waals surface area contributed by atoms with E-state index in [2.05, 4.69) is 5.32 Å². The quantitative estimate of drug-likeness (QED) is 0.816. The summed E-state index contributed by atoms with van der Waals surface area (Å²) in [4.78, 5) is 14.8. The van der Waals surface area contributed by atoms with Gasteiger partial charge in [-0.2, -0.15) is 0 Å². The molecule has 7 nitrogen and oxygen atoms in total. The van der Waals surface area contributed by atoms with Crippen LogP contribution >= 0.6 is 0 Å². The molecule has 0 unspecified atom stereocenters. The van der Waals surface area contributed by atoms with Crippen LogP contribution < -0.4 is 15.2 Å². The molecule has 0 spiro atoms. The summed E-state index contributed by atoms with van der Waals surface area (Å²) < 4.78 is 28.0. The number of hydrogen-bond acceptors (Lipinski definition) is 4. The van der Waals surface area contributed by atoms with E-state index in [1.807, 2.05) is 29.2 Å². The molecule has 1 heterocycles. The first-order valence-corrected chi connectivity index (χ1v) is 10.8. The summed E-state index contributed by atoms with van der Waals surface area (Å²) in [7, 11) is -2.13. The molecular weight excluding hydrogens is 378 g/mol. The number of sulfonamides is 1. The molecule has 0 radical (unpaired) electrons. The number of hydrogen-bond donors (Lipinski definition) is 2. The zero-order chi connectivity index (χ0) is 20.1. The summed E-state index contributed by atoms with van der Waals surface area (Å²) in [6.45, 7) is 0.664. The highest BCUT2D eigenvalue weighted by Gasteiger charge is 2.27. The second-order valence-corrected chi connectivity index (χ2v) is 8.39. The molecule has 8 heteroatoms. The number of urea groups is 1. The minimum absolute atomic E-state index is 0.0105. The van der Waals surface area contributed by atoms with Crippen LogP contribution in [0.1, 0.15) is 37.3 Å². The number of nitrogens with two attached hydrogens (primary N) is 1. The summed E-state index contributed by atoms with van der Waals surface area (Å²) >= 11 is 0. The number of carbonyl (C=O) groups excluding carboxylic acids is 1. The number of carbonyl (C=O) groups is 1. The second kappa shape index (κ2) is 8.62. The first-order valence-electron chi connectivity index (χ1n) is 9.23. The first kappa shape index (κ1) is 20.2. The topological polar surface area (TPSA) is 102 Å². The number of nitrogens with zero attached hydrogens (tertiary/aromatic N) is 1. The van der Waals surface area contributed by atoms with Crippen molar-refractivity contribution >= 4 is 21.7 Å². The molecule has 0 aliphatic carbocycles. The van der Waals surface area contributed by atoms with Gasteiger partial charge in [-0.15, -0.1) is 0 Å². The number of primary sulfonamides is 1. The Morgan fingerprint density at radius 2 is 1.75 bits per heavy atom. The van der Waals surface area contributed by atoms with Crippen molar-refractivity contribution in [1.82, 2.24) is 4.90 Å². The third-order valence-electron chi connectivity index (χ3n) is 4.95. The van der Waals surface area contributed by atoms with E-state index in [0.717, 1.165) is 37.0 Å². The number of methoxy groups -OCH3 is 1. The summed E-state index contributed by atoms with van der Waals surface area (Å²) in [6, 6.07) is 13.4. The Hall–Kier alpha value is -2.58. The van der Waals surface area contributed by atoms with Crippen molar-refractivity contribution in [2.75, 3.05) is 19.0 Å². The zero-order valence-electron chi connectivity index (χ0n) is 15.8. The minimum atomic E-state index is -3.76. The molecule has 1 fully saturated rings. The minimum Gasteiger partial charge on any atom is -0.497 e. The lowest BCUT2D eigenvalue weighted by molar-refractivity contribution is 0.189. The normalized spacial score (nSPS) is 17.6. The molecule has 150 valence electrons. The van der Waals surface area contributed by atoms with E-state index < -0.39 is 10.0 Å². The number of benzene rings is 2. The Morgan fingerprint density at radius 3 is 2.36 bits per heavy atom. The number of nitrogens with one attached hydrogen (secondary N) is 1. The van der Waals surface area contributed by atoms with Crippen LogP contribution in [0, 0.1) is 0 Å². The Labute approximate surface area is 165 Å². The fourth-order valence-corrected chi connectivity index (χ4v) is 3.96. The molecule has 1 saturated heterocycles. The molecule has 0 bridgehead atoms. The van der Waals surface area contributed by atoms with E-state index in [9.17, 15) is 13.2 Å². The fraction of sp³-hybridized carbons (Fsp3) is 0.350. The molecule has 1 aliphatic rings. The maximum atomic E-state index is 13.0. The molecule has 28 heavy (non-hydrogen) atoms. The SMILES string of the molecule is COc1ccc([C@H]2CCCCCN2C(=O)Nc2ccc(S(N)(=O)=O)cc2)cc1. The van der Waals surface area contributed by atoms with Gasteiger partial charge < -0.3 is 15.0 Å². The maximum absolute atomic E-state index is 13.0. The number of amides is 2. The standard InChI is InChI=1S/C20H25N3O4S/c1-27-17-10-6-15(7-11-17)19-5-3-2-4-14-23(19)20(24)22-16-8-12-18(13-9-16)28(21,25)26/h6-13,19H,2-5,14H2,1H3,(H,22,24)(H2,21,25,26)/t19-/m1/s1. The highest BCUT2D eigenvalue weighted by molar-refractivity contribution is 7.89. The van der Waals surface area contributed by atoms with Gasteiger partial charge in [0.2, 0.25) is 10.0 Å². The monoisotopic (exact) mass is 403 g/mol. The van der Waals surface area contributed by atoms with Crippen LogP contribution in [-0.4, -0.2) is 33.0 Å². The van der Waals surface area contributed by atoms with E-state index in [1.54, 1.807) is 7.11 Å². The lowest BCUT2D eigenvalue weighted by Crippen LogP contribution is -2.38. The molecule has 3 N–H and O–H groups in total. The van der Waals surface area contributed by atoms with E-state index in [1.165, 1.54) is 24.3 Å². The van der Waals surface area contributed by atoms with Crippen molar-refractivity contribution in [1.29, 1.82) is 0 Å². The van der Waals surface area contributed by atoms with Crippen molar-refractivity contribution in [2.45, 2.75) is 36.6 Å². The van der Waals surface area contributed by atoms with Gasteiger partial charge in [0.05, 0.1) is 18.0 Å². The van der Waals surface area contributed by atoms with Crippen LogP contribution in [0.15, 0.2) is 53.4 Å². The largest absolute Gasteiger partial charge is 0.497 e. The Balaban J connectivity index is 1.78. The molecule has 2 aromatic carbocycles. The highest BCUT2D eigenvalue weighted by Crippen LogP contribution is 2.31. The molecule has 0 aromatic heterocycles. The number of ether oxygens (including phenoxy) is 1. The zero-order valence-corrected chi connectivity index (χ0v) is 16.6. The first-order chi connectivity index (χ1) is 13.4. The fourth-order valence-electron chi connectivity index (χ4n) is 3.45. The number of anilines is 1. The molecule has 1 aliphatic heterocycles. The van der Waals surface area contributed by atoms with Gasteiger partial charge in [0.15, 0.2) is 0 Å². The summed E-state index contributed by atoms with van der Waals surface area (Å²) in [5, 5.41) is 7.98. The highest BCUT2D eigenvalue weighted by atomic mass is 32.2. The molecule has 2 amide bonds. The van der Waals surface area contributed by atoms with Gasteiger partial charge in [-0.3, -0.25) is 0 Å². The van der Waals surface area contributed by atoms with Gasteiger partial charge in [0.1, 0.15) is 5.75 Å². The van der Waals surface area contributed by atoms with Gasteiger partial charge in [-0.05, 0) is 54.8 Å². The van der Waals surface area contributed by atoms with Crippen molar-refractivity contribution in [3.8, 4) is 5.75 Å². The molecule has 0 saturated carbocycles. The Bertz CT molecular complexity index is 911. The third-order valence-corrected chi connectivity index (χ3v) is 5.88. The van der Waals surface area contributed by atoms with Crippen molar-refractivity contribution in [2.24, 2.45) is 5.14 Å². The van der Waals surface area contributed by atoms with E-state index in [4.69, 9.17) is 9.88 Å². The predicted octanol–water partition coefficient (Wildman–Crippen LogP) is 3.49. The molecule has 3 rings (SSSR count). The molecule has 1 atom stereocenters. The van der Waals surface area contributed by atoms with Crippen molar-refractivity contribution in [3.63, 3.8) is 0 Å². The average Bonchev–Trinajstić information content (AvgIpc) is 2.94. The summed E-state index contributed by atoms with van der Waals surface area (Å²) in [5.74, 6) is 0.781. The average molecular weight is 404 g/mol. The van der Waals surface area contributed by atoms with Gasteiger partial charge >= 0.3 is 6.03 Å². The summed E-state index contributed by atoms with van der Waals surface area (Å²) in [5.41, 5.74) is 1.59. The number of likely N-dealkylation sites (tertiary alicyclic amines) is 1. The van der Waals surface area contributed by atoms with E-state index in [-0.39, 0.29) is 17.0 Å². The Kier molecular flexibility index (Phi) is 6.21. The van der Waals surface area contributed by atoms with Gasteiger partial charge in [0.25, 0.3) is 0 Å². The predicted molar refractivity (Wildman–Crippen MR) is 108 cm³/mol. The van der Waals surface area contributed by atoms with Crippen molar-refractivity contribution < 1.29 is 17.9 Å².